The molecule has 2 bridgehead atoms. The number of fused-ring (bicyclic) bond motifs is 3. The van der Waals surface area contributed by atoms with Crippen molar-refractivity contribution in [1.29, 1.82) is 0 Å². The largest absolute Gasteiger partial charge is 0.297 e. The molecule has 0 aromatic rings. The molecule has 0 spiro atoms. The van der Waals surface area contributed by atoms with Gasteiger partial charge in [-0.05, 0) is 0 Å². The number of nitrogens with zero attached hydrogens (tertiary/aromatic N) is 2. The zero-order valence-corrected chi connectivity index (χ0v) is 8.86. The first-order valence-electron chi connectivity index (χ1n) is 3.54. The maximum atomic E-state index is 3.65. The summed E-state index contributed by atoms with van der Waals surface area (Å²) in [6.45, 7) is 5.96. The topological polar surface area (TPSA) is 6.48 Å². The zero-order chi connectivity index (χ0) is 7.19. The van der Waals surface area contributed by atoms with Crippen molar-refractivity contribution in [2.75, 3.05) is 32.7 Å². The van der Waals surface area contributed by atoms with Gasteiger partial charge in [0.2, 0.25) is 0 Å². The van der Waals surface area contributed by atoms with Gasteiger partial charge in [0.15, 0.2) is 0 Å². The number of hydrogen-bond acceptors (Lipinski definition) is 2. The number of halogens is 2. The third-order valence-electron chi connectivity index (χ3n) is 2.25. The first kappa shape index (κ1) is 7.53. The molecule has 0 N–H and O–H groups in total. The van der Waals surface area contributed by atoms with Crippen molar-refractivity contribution in [1.82, 2.24) is 9.80 Å². The predicted octanol–water partition coefficient (Wildman–Crippen LogP) is 1.06. The Morgan fingerprint density at radius 2 is 1.60 bits per heavy atom. The van der Waals surface area contributed by atoms with Crippen molar-refractivity contribution in [3.8, 4) is 0 Å². The normalized spacial score (nSPS) is 43.8. The van der Waals surface area contributed by atoms with Crippen molar-refractivity contribution in [2.45, 2.75) is 3.36 Å². The van der Waals surface area contributed by atoms with Gasteiger partial charge in [0.05, 0.1) is 0 Å². The van der Waals surface area contributed by atoms with Gasteiger partial charge in [-0.15, -0.1) is 0 Å². The van der Waals surface area contributed by atoms with Crippen molar-refractivity contribution < 1.29 is 0 Å². The van der Waals surface area contributed by atoms with Crippen LogP contribution in [0, 0.1) is 0 Å². The number of alkyl halides is 2. The molecule has 0 aromatic heterocycles. The standard InChI is InChI=1S/C6H10Br2N2/c7-6(8)5-9-1-3-10(6)4-2-9/h1-5H2. The first-order chi connectivity index (χ1) is 4.68. The van der Waals surface area contributed by atoms with Crippen LogP contribution in [0.15, 0.2) is 0 Å². The van der Waals surface area contributed by atoms with Crippen LogP contribution >= 0.6 is 31.9 Å². The van der Waals surface area contributed by atoms with Crippen LogP contribution in [0.3, 0.4) is 0 Å². The summed E-state index contributed by atoms with van der Waals surface area (Å²) in [7, 11) is 0. The molecule has 0 aliphatic carbocycles. The first-order valence-corrected chi connectivity index (χ1v) is 5.12. The van der Waals surface area contributed by atoms with E-state index < -0.39 is 0 Å². The van der Waals surface area contributed by atoms with Gasteiger partial charge in [0, 0.05) is 32.7 Å². The SMILES string of the molecule is BrC1(Br)CN2CCN1CC2. The van der Waals surface area contributed by atoms with E-state index in [0.29, 0.717) is 0 Å². The lowest BCUT2D eigenvalue weighted by molar-refractivity contribution is 0.0414. The summed E-state index contributed by atoms with van der Waals surface area (Å²) in [4.78, 5) is 4.91. The summed E-state index contributed by atoms with van der Waals surface area (Å²) < 4.78 is 0.0799. The molecule has 3 fully saturated rings. The highest BCUT2D eigenvalue weighted by atomic mass is 79.9. The number of rotatable bonds is 0. The van der Waals surface area contributed by atoms with E-state index in [9.17, 15) is 0 Å². The lowest BCUT2D eigenvalue weighted by Gasteiger charge is -2.49. The van der Waals surface area contributed by atoms with Gasteiger partial charge in [-0.3, -0.25) is 9.80 Å². The Hall–Kier alpha value is 0.880. The Balaban J connectivity index is 2.15. The van der Waals surface area contributed by atoms with Gasteiger partial charge in [0.1, 0.15) is 3.36 Å². The molecule has 0 saturated carbocycles. The minimum absolute atomic E-state index is 0.0799. The molecule has 3 heterocycles. The van der Waals surface area contributed by atoms with Crippen LogP contribution < -0.4 is 0 Å². The Morgan fingerprint density at radius 3 is 1.80 bits per heavy atom. The molecule has 3 saturated heterocycles. The molecule has 58 valence electrons. The second-order valence-corrected chi connectivity index (χ2v) is 6.62. The molecule has 0 radical (unpaired) electrons. The summed E-state index contributed by atoms with van der Waals surface area (Å²) >= 11 is 7.30. The number of hydrogen-bond donors (Lipinski definition) is 0. The van der Waals surface area contributed by atoms with Crippen LogP contribution in [0.25, 0.3) is 0 Å². The van der Waals surface area contributed by atoms with Gasteiger partial charge in [-0.1, -0.05) is 31.9 Å². The second-order valence-electron chi connectivity index (χ2n) is 2.93. The number of piperazine rings is 3. The molecule has 3 aliphatic heterocycles. The summed E-state index contributed by atoms with van der Waals surface area (Å²) in [5, 5.41) is 0. The van der Waals surface area contributed by atoms with Crippen LogP contribution in [0.1, 0.15) is 0 Å². The van der Waals surface area contributed by atoms with E-state index in [0.717, 1.165) is 6.54 Å². The molecule has 3 aliphatic rings. The highest BCUT2D eigenvalue weighted by Gasteiger charge is 2.40. The van der Waals surface area contributed by atoms with Crippen LogP contribution in [-0.2, 0) is 0 Å². The summed E-state index contributed by atoms with van der Waals surface area (Å²) in [5.41, 5.74) is 0. The molecule has 0 unspecified atom stereocenters. The molecule has 0 amide bonds. The predicted molar refractivity (Wildman–Crippen MR) is 48.6 cm³/mol. The van der Waals surface area contributed by atoms with E-state index in [1.807, 2.05) is 0 Å². The highest BCUT2D eigenvalue weighted by molar-refractivity contribution is 9.25. The second kappa shape index (κ2) is 2.44. The summed E-state index contributed by atoms with van der Waals surface area (Å²) in [6, 6.07) is 0. The van der Waals surface area contributed by atoms with E-state index in [2.05, 4.69) is 41.7 Å². The van der Waals surface area contributed by atoms with E-state index in [-0.39, 0.29) is 3.36 Å². The smallest absolute Gasteiger partial charge is 0.145 e. The Labute approximate surface area is 77.8 Å². The fourth-order valence-electron chi connectivity index (χ4n) is 1.60. The van der Waals surface area contributed by atoms with E-state index in [1.54, 1.807) is 0 Å². The molecule has 10 heavy (non-hydrogen) atoms. The van der Waals surface area contributed by atoms with Crippen LogP contribution in [0.4, 0.5) is 0 Å². The monoisotopic (exact) mass is 268 g/mol. The Morgan fingerprint density at radius 1 is 1.00 bits per heavy atom. The van der Waals surface area contributed by atoms with Crippen LogP contribution in [0.2, 0.25) is 0 Å². The molecular weight excluding hydrogens is 260 g/mol. The molecule has 0 aromatic carbocycles. The van der Waals surface area contributed by atoms with E-state index in [1.165, 1.54) is 26.2 Å². The lowest BCUT2D eigenvalue weighted by atomic mass is 10.2. The molecule has 4 heteroatoms. The maximum absolute atomic E-state index is 3.65. The van der Waals surface area contributed by atoms with Crippen molar-refractivity contribution in [2.24, 2.45) is 0 Å². The molecule has 3 rings (SSSR count). The van der Waals surface area contributed by atoms with Gasteiger partial charge in [-0.25, -0.2) is 0 Å². The quantitative estimate of drug-likeness (QED) is 0.479. The third-order valence-corrected chi connectivity index (χ3v) is 3.75. The van der Waals surface area contributed by atoms with Crippen molar-refractivity contribution >= 4 is 31.9 Å². The fourth-order valence-corrected chi connectivity index (χ4v) is 3.02. The zero-order valence-electron chi connectivity index (χ0n) is 5.69. The maximum Gasteiger partial charge on any atom is 0.145 e. The van der Waals surface area contributed by atoms with Crippen LogP contribution in [0.5, 0.6) is 0 Å². The van der Waals surface area contributed by atoms with Crippen LogP contribution in [-0.4, -0.2) is 45.9 Å². The summed E-state index contributed by atoms with van der Waals surface area (Å²) in [5.74, 6) is 0. The minimum atomic E-state index is 0.0799. The highest BCUT2D eigenvalue weighted by Crippen LogP contribution is 2.36. The minimum Gasteiger partial charge on any atom is -0.297 e. The lowest BCUT2D eigenvalue weighted by Crippen LogP contribution is -2.63. The van der Waals surface area contributed by atoms with Gasteiger partial charge >= 0.3 is 0 Å². The average molecular weight is 270 g/mol. The van der Waals surface area contributed by atoms with Gasteiger partial charge in [0.25, 0.3) is 0 Å². The molecule has 0 atom stereocenters. The fraction of sp³-hybridized carbons (Fsp3) is 1.00. The van der Waals surface area contributed by atoms with E-state index >= 15 is 0 Å². The Bertz CT molecular complexity index is 141. The average Bonchev–Trinajstić information content (AvgIpc) is 1.87. The van der Waals surface area contributed by atoms with Crippen molar-refractivity contribution in [3.63, 3.8) is 0 Å². The summed E-state index contributed by atoms with van der Waals surface area (Å²) in [6.07, 6.45) is 0. The van der Waals surface area contributed by atoms with Crippen molar-refractivity contribution in [3.05, 3.63) is 0 Å². The third kappa shape index (κ3) is 1.15. The molecule has 2 nitrogen and oxygen atoms in total. The van der Waals surface area contributed by atoms with E-state index in [4.69, 9.17) is 0 Å². The van der Waals surface area contributed by atoms with Gasteiger partial charge in [-0.2, -0.15) is 0 Å². The molecular formula is C6H10Br2N2. The Kier molecular flexibility index (Phi) is 1.83. The van der Waals surface area contributed by atoms with Gasteiger partial charge < -0.3 is 0 Å².